The molecule has 3 rings (SSSR count). The van der Waals surface area contributed by atoms with Crippen LogP contribution in [0.15, 0.2) is 23.8 Å². The van der Waals surface area contributed by atoms with E-state index in [0.717, 1.165) is 17.6 Å². The molecular weight excluding hydrogens is 524 g/mol. The van der Waals surface area contributed by atoms with Gasteiger partial charge in [0.2, 0.25) is 0 Å². The molecule has 10 atom stereocenters. The highest BCUT2D eigenvalue weighted by molar-refractivity contribution is 5.90. The zero-order chi connectivity index (χ0) is 30.0. The third kappa shape index (κ3) is 6.78. The summed E-state index contributed by atoms with van der Waals surface area (Å²) in [5, 5.41) is 60.2. The van der Waals surface area contributed by atoms with E-state index >= 15 is 0 Å². The normalized spacial score (nSPS) is 39.9. The Kier molecular flexibility index (Phi) is 10.6. The molecule has 0 aromatic rings. The van der Waals surface area contributed by atoms with Gasteiger partial charge in [0.25, 0.3) is 0 Å². The van der Waals surface area contributed by atoms with Crippen molar-refractivity contribution < 1.29 is 54.4 Å². The fourth-order valence-electron chi connectivity index (χ4n) is 7.00. The van der Waals surface area contributed by atoms with Crippen LogP contribution in [-0.4, -0.2) is 98.7 Å². The molecule has 11 heteroatoms. The van der Waals surface area contributed by atoms with E-state index in [9.17, 15) is 35.1 Å². The Bertz CT molecular complexity index is 960. The molecule has 0 spiro atoms. The van der Waals surface area contributed by atoms with Crippen LogP contribution in [0.1, 0.15) is 66.2 Å². The van der Waals surface area contributed by atoms with Crippen molar-refractivity contribution in [3.8, 4) is 0 Å². The summed E-state index contributed by atoms with van der Waals surface area (Å²) in [5.74, 6) is -2.06. The maximum Gasteiger partial charge on any atom is 0.317 e. The summed E-state index contributed by atoms with van der Waals surface area (Å²) < 4.78 is 16.8. The summed E-state index contributed by atoms with van der Waals surface area (Å²) in [7, 11) is 0. The lowest BCUT2D eigenvalue weighted by Crippen LogP contribution is -2.61. The van der Waals surface area contributed by atoms with E-state index in [0.29, 0.717) is 25.7 Å². The van der Waals surface area contributed by atoms with Crippen molar-refractivity contribution in [2.24, 2.45) is 22.7 Å². The van der Waals surface area contributed by atoms with Crippen LogP contribution in [0.25, 0.3) is 0 Å². The number of rotatable bonds is 10. The SMILES string of the molecule is C=C1C(OC2OC(CO)C(O)C(O)C2O)CC2C(C)(C)C(O)CCC2(C)C1CC/C(C)=C\COC(=O)CC(=O)O. The zero-order valence-electron chi connectivity index (χ0n) is 23.9. The smallest absolute Gasteiger partial charge is 0.317 e. The Labute approximate surface area is 235 Å². The number of carbonyl (C=O) groups excluding carboxylic acids is 1. The highest BCUT2D eigenvalue weighted by Gasteiger charge is 2.58. The molecule has 1 heterocycles. The van der Waals surface area contributed by atoms with E-state index in [2.05, 4.69) is 13.5 Å². The average Bonchev–Trinajstić information content (AvgIpc) is 2.87. The number of carboxylic acids is 1. The summed E-state index contributed by atoms with van der Waals surface area (Å²) in [5.41, 5.74) is 1.13. The number of ether oxygens (including phenoxy) is 3. The Morgan fingerprint density at radius 2 is 1.80 bits per heavy atom. The van der Waals surface area contributed by atoms with Crippen molar-refractivity contribution in [2.75, 3.05) is 13.2 Å². The summed E-state index contributed by atoms with van der Waals surface area (Å²) in [4.78, 5) is 22.2. The molecule has 1 saturated heterocycles. The fourth-order valence-corrected chi connectivity index (χ4v) is 7.00. The number of esters is 1. The van der Waals surface area contributed by atoms with Crippen LogP contribution >= 0.6 is 0 Å². The second-order valence-electron chi connectivity index (χ2n) is 12.5. The van der Waals surface area contributed by atoms with Gasteiger partial charge in [0.1, 0.15) is 37.4 Å². The molecule has 3 aliphatic rings. The van der Waals surface area contributed by atoms with Crippen molar-refractivity contribution in [1.82, 2.24) is 0 Å². The first-order valence-electron chi connectivity index (χ1n) is 14.0. The van der Waals surface area contributed by atoms with Gasteiger partial charge in [0, 0.05) is 0 Å². The maximum absolute atomic E-state index is 11.5. The predicted octanol–water partition coefficient (Wildman–Crippen LogP) is 1.30. The minimum absolute atomic E-state index is 0.0223. The lowest BCUT2D eigenvalue weighted by molar-refractivity contribution is -0.313. The summed E-state index contributed by atoms with van der Waals surface area (Å²) in [6, 6.07) is 0. The summed E-state index contributed by atoms with van der Waals surface area (Å²) in [6.45, 7) is 12.0. The molecule has 3 fully saturated rings. The third-order valence-corrected chi connectivity index (χ3v) is 9.56. The number of aliphatic hydroxyl groups excluding tert-OH is 5. The Morgan fingerprint density at radius 1 is 1.12 bits per heavy atom. The van der Waals surface area contributed by atoms with Gasteiger partial charge in [0.05, 0.1) is 18.8 Å². The molecule has 6 N–H and O–H groups in total. The van der Waals surface area contributed by atoms with Crippen LogP contribution < -0.4 is 0 Å². The number of aliphatic hydroxyl groups is 5. The van der Waals surface area contributed by atoms with Crippen LogP contribution in [0.3, 0.4) is 0 Å². The van der Waals surface area contributed by atoms with E-state index in [4.69, 9.17) is 19.3 Å². The van der Waals surface area contributed by atoms with Crippen molar-refractivity contribution >= 4 is 11.9 Å². The van der Waals surface area contributed by atoms with Crippen molar-refractivity contribution in [2.45, 2.75) is 109 Å². The lowest BCUT2D eigenvalue weighted by atomic mass is 9.46. The number of allylic oxidation sites excluding steroid dienone is 1. The van der Waals surface area contributed by atoms with Gasteiger partial charge in [-0.15, -0.1) is 0 Å². The van der Waals surface area contributed by atoms with E-state index < -0.39 is 73.3 Å². The largest absolute Gasteiger partial charge is 0.481 e. The van der Waals surface area contributed by atoms with Crippen molar-refractivity contribution in [3.05, 3.63) is 23.8 Å². The van der Waals surface area contributed by atoms with E-state index in [1.54, 1.807) is 6.08 Å². The molecule has 11 nitrogen and oxygen atoms in total. The second kappa shape index (κ2) is 13.0. The van der Waals surface area contributed by atoms with Gasteiger partial charge in [-0.1, -0.05) is 32.9 Å². The molecule has 0 aromatic carbocycles. The first-order chi connectivity index (χ1) is 18.6. The second-order valence-corrected chi connectivity index (χ2v) is 12.5. The van der Waals surface area contributed by atoms with Gasteiger partial charge < -0.3 is 44.8 Å². The van der Waals surface area contributed by atoms with Crippen LogP contribution in [0, 0.1) is 22.7 Å². The number of carboxylic acid groups (broad SMARTS) is 1. The first-order valence-corrected chi connectivity index (χ1v) is 14.0. The van der Waals surface area contributed by atoms with Gasteiger partial charge in [-0.05, 0) is 73.3 Å². The Morgan fingerprint density at radius 3 is 2.42 bits per heavy atom. The summed E-state index contributed by atoms with van der Waals surface area (Å²) in [6.07, 6.45) is -3.68. The lowest BCUT2D eigenvalue weighted by Gasteiger charge is -2.61. The summed E-state index contributed by atoms with van der Waals surface area (Å²) >= 11 is 0. The number of carbonyl (C=O) groups is 2. The Hall–Kier alpha value is -1.86. The average molecular weight is 571 g/mol. The first kappa shape index (κ1) is 32.7. The van der Waals surface area contributed by atoms with Crippen LogP contribution in [0.5, 0.6) is 0 Å². The predicted molar refractivity (Wildman–Crippen MR) is 143 cm³/mol. The number of fused-ring (bicyclic) bond motifs is 1. The van der Waals surface area contributed by atoms with Crippen molar-refractivity contribution in [3.63, 3.8) is 0 Å². The highest BCUT2D eigenvalue weighted by Crippen LogP contribution is 2.62. The third-order valence-electron chi connectivity index (χ3n) is 9.56. The molecule has 2 saturated carbocycles. The van der Waals surface area contributed by atoms with Gasteiger partial charge in [-0.2, -0.15) is 0 Å². The van der Waals surface area contributed by atoms with Crippen LogP contribution in [0.4, 0.5) is 0 Å². The Balaban J connectivity index is 1.79. The molecule has 228 valence electrons. The van der Waals surface area contributed by atoms with Crippen molar-refractivity contribution in [1.29, 1.82) is 0 Å². The molecule has 0 amide bonds. The molecule has 2 aliphatic carbocycles. The van der Waals surface area contributed by atoms with Gasteiger partial charge >= 0.3 is 11.9 Å². The van der Waals surface area contributed by atoms with E-state index in [1.165, 1.54) is 0 Å². The standard InChI is InChI=1S/C29H46O11/c1-15(9-11-38-23(34)13-22(32)33)6-7-17-16(2)18(12-20-28(3,4)21(31)8-10-29(17,20)5)39-27-26(37)25(36)24(35)19(14-30)40-27/h9,17-21,24-27,30-31,35-37H,2,6-8,10-14H2,1,3-5H3,(H,32,33)/b15-9-. The minimum Gasteiger partial charge on any atom is -0.481 e. The molecule has 1 aliphatic heterocycles. The number of aliphatic carboxylic acids is 1. The topological polar surface area (TPSA) is 183 Å². The molecule has 0 bridgehead atoms. The quantitative estimate of drug-likeness (QED) is 0.0963. The van der Waals surface area contributed by atoms with Gasteiger partial charge in [0.15, 0.2) is 6.29 Å². The molecular formula is C29H46O11. The molecule has 0 aromatic heterocycles. The highest BCUT2D eigenvalue weighted by atomic mass is 16.7. The number of hydrogen-bond donors (Lipinski definition) is 6. The number of hydrogen-bond acceptors (Lipinski definition) is 10. The molecule has 0 radical (unpaired) electrons. The van der Waals surface area contributed by atoms with Gasteiger partial charge in [-0.25, -0.2) is 0 Å². The van der Waals surface area contributed by atoms with Crippen LogP contribution in [0.2, 0.25) is 0 Å². The van der Waals surface area contributed by atoms with Crippen LogP contribution in [-0.2, 0) is 23.8 Å². The zero-order valence-corrected chi connectivity index (χ0v) is 23.9. The fraction of sp³-hybridized carbons (Fsp3) is 0.793. The molecule has 40 heavy (non-hydrogen) atoms. The van der Waals surface area contributed by atoms with Gasteiger partial charge in [-0.3, -0.25) is 9.59 Å². The minimum atomic E-state index is -1.56. The van der Waals surface area contributed by atoms with E-state index in [1.807, 2.05) is 20.8 Å². The maximum atomic E-state index is 11.5. The van der Waals surface area contributed by atoms with E-state index in [-0.39, 0.29) is 23.9 Å². The monoisotopic (exact) mass is 570 g/mol. The molecule has 10 unspecified atom stereocenters.